The minimum absolute atomic E-state index is 0.0260. The Morgan fingerprint density at radius 1 is 1.48 bits per heavy atom. The highest BCUT2D eigenvalue weighted by Crippen LogP contribution is 2.23. The van der Waals surface area contributed by atoms with Crippen LogP contribution in [0, 0.1) is 10.1 Å². The van der Waals surface area contributed by atoms with Crippen molar-refractivity contribution in [1.29, 1.82) is 0 Å². The van der Waals surface area contributed by atoms with E-state index in [2.05, 4.69) is 5.32 Å². The van der Waals surface area contributed by atoms with Gasteiger partial charge >= 0.3 is 5.97 Å². The van der Waals surface area contributed by atoms with Crippen LogP contribution in [0.2, 0.25) is 0 Å². The summed E-state index contributed by atoms with van der Waals surface area (Å²) in [6, 6.07) is 3.76. The standard InChI is InChI=1S/C13H15N3O5/c1-7(12(17)15-9-3-4-9)21-13(18)8-2-5-10(14)11(6-8)16(19)20/h2,5-7,9H,3-4,14H2,1H3,(H,15,17)/t7-/m1/s1. The number of nitro groups is 1. The second kappa shape index (κ2) is 5.78. The van der Waals surface area contributed by atoms with Crippen LogP contribution < -0.4 is 11.1 Å². The van der Waals surface area contributed by atoms with E-state index in [1.165, 1.54) is 19.1 Å². The smallest absolute Gasteiger partial charge is 0.339 e. The number of nitrogens with zero attached hydrogens (tertiary/aromatic N) is 1. The number of nitrogens with two attached hydrogens (primary N) is 1. The topological polar surface area (TPSA) is 125 Å². The third kappa shape index (κ3) is 3.68. The zero-order chi connectivity index (χ0) is 15.6. The summed E-state index contributed by atoms with van der Waals surface area (Å²) in [4.78, 5) is 33.6. The monoisotopic (exact) mass is 293 g/mol. The van der Waals surface area contributed by atoms with Crippen LogP contribution in [0.3, 0.4) is 0 Å². The maximum Gasteiger partial charge on any atom is 0.339 e. The molecule has 3 N–H and O–H groups in total. The summed E-state index contributed by atoms with van der Waals surface area (Å²) < 4.78 is 4.99. The molecule has 1 atom stereocenters. The van der Waals surface area contributed by atoms with Crippen LogP contribution in [0.25, 0.3) is 0 Å². The van der Waals surface area contributed by atoms with Crippen molar-refractivity contribution in [3.05, 3.63) is 33.9 Å². The largest absolute Gasteiger partial charge is 0.449 e. The van der Waals surface area contributed by atoms with Gasteiger partial charge in [0.15, 0.2) is 6.10 Å². The van der Waals surface area contributed by atoms with E-state index >= 15 is 0 Å². The highest BCUT2D eigenvalue weighted by atomic mass is 16.6. The molecule has 112 valence electrons. The predicted molar refractivity (Wildman–Crippen MR) is 73.6 cm³/mol. The molecule has 0 heterocycles. The lowest BCUT2D eigenvalue weighted by Crippen LogP contribution is -2.37. The molecular formula is C13H15N3O5. The number of benzene rings is 1. The Morgan fingerprint density at radius 2 is 2.14 bits per heavy atom. The molecule has 1 aliphatic carbocycles. The van der Waals surface area contributed by atoms with Crippen molar-refractivity contribution >= 4 is 23.3 Å². The van der Waals surface area contributed by atoms with Gasteiger partial charge in [0.05, 0.1) is 10.5 Å². The molecule has 0 aromatic heterocycles. The van der Waals surface area contributed by atoms with Gasteiger partial charge in [-0.15, -0.1) is 0 Å². The van der Waals surface area contributed by atoms with Gasteiger partial charge in [0, 0.05) is 12.1 Å². The first-order valence-corrected chi connectivity index (χ1v) is 6.43. The van der Waals surface area contributed by atoms with Crippen LogP contribution in [0.1, 0.15) is 30.1 Å². The number of amides is 1. The first-order valence-electron chi connectivity index (χ1n) is 6.43. The number of rotatable bonds is 5. The number of hydrogen-bond donors (Lipinski definition) is 2. The summed E-state index contributed by atoms with van der Waals surface area (Å²) in [6.45, 7) is 1.45. The van der Waals surface area contributed by atoms with Gasteiger partial charge in [-0.2, -0.15) is 0 Å². The molecule has 0 radical (unpaired) electrons. The Labute approximate surface area is 120 Å². The van der Waals surface area contributed by atoms with Gasteiger partial charge in [0.2, 0.25) is 0 Å². The minimum atomic E-state index is -0.963. The summed E-state index contributed by atoms with van der Waals surface area (Å²) in [5.74, 6) is -1.19. The Morgan fingerprint density at radius 3 is 2.71 bits per heavy atom. The van der Waals surface area contributed by atoms with Crippen molar-refractivity contribution in [2.75, 3.05) is 5.73 Å². The van der Waals surface area contributed by atoms with E-state index in [1.54, 1.807) is 0 Å². The van der Waals surface area contributed by atoms with Gasteiger partial charge in [0.25, 0.3) is 11.6 Å². The molecule has 1 saturated carbocycles. The summed E-state index contributed by atoms with van der Waals surface area (Å²) in [5.41, 5.74) is 5.00. The van der Waals surface area contributed by atoms with E-state index in [4.69, 9.17) is 10.5 Å². The molecule has 21 heavy (non-hydrogen) atoms. The molecule has 1 amide bonds. The van der Waals surface area contributed by atoms with Gasteiger partial charge in [0.1, 0.15) is 5.69 Å². The van der Waals surface area contributed by atoms with Crippen molar-refractivity contribution < 1.29 is 19.2 Å². The van der Waals surface area contributed by atoms with Crippen LogP contribution >= 0.6 is 0 Å². The van der Waals surface area contributed by atoms with Crippen LogP contribution in [0.15, 0.2) is 18.2 Å². The predicted octanol–water partition coefficient (Wildman–Crippen LogP) is 1.00. The molecule has 0 spiro atoms. The van der Waals surface area contributed by atoms with E-state index in [1.807, 2.05) is 0 Å². The number of ether oxygens (including phenoxy) is 1. The lowest BCUT2D eigenvalue weighted by molar-refractivity contribution is -0.383. The average Bonchev–Trinajstić information content (AvgIpc) is 3.22. The normalized spacial score (nSPS) is 15.1. The fraction of sp³-hybridized carbons (Fsp3) is 0.385. The second-order valence-electron chi connectivity index (χ2n) is 4.86. The molecule has 2 rings (SSSR count). The number of esters is 1. The Bertz CT molecular complexity index is 597. The molecule has 1 aromatic rings. The Balaban J connectivity index is 2.03. The molecule has 1 aliphatic rings. The SMILES string of the molecule is C[C@@H](OC(=O)c1ccc(N)c([N+](=O)[O-])c1)C(=O)NC1CC1. The number of nitro benzene ring substituents is 1. The third-order valence-electron chi connectivity index (χ3n) is 3.04. The number of nitrogen functional groups attached to an aromatic ring is 1. The van der Waals surface area contributed by atoms with E-state index in [0.29, 0.717) is 0 Å². The maximum absolute atomic E-state index is 11.9. The van der Waals surface area contributed by atoms with E-state index in [-0.39, 0.29) is 28.9 Å². The first kappa shape index (κ1) is 14.8. The number of anilines is 1. The maximum atomic E-state index is 11.9. The minimum Gasteiger partial charge on any atom is -0.449 e. The van der Waals surface area contributed by atoms with Crippen molar-refractivity contribution in [2.45, 2.75) is 31.9 Å². The van der Waals surface area contributed by atoms with E-state index in [9.17, 15) is 19.7 Å². The Hall–Kier alpha value is -2.64. The molecule has 0 unspecified atom stereocenters. The van der Waals surface area contributed by atoms with Crippen LogP contribution in [0.5, 0.6) is 0 Å². The number of nitrogens with one attached hydrogen (secondary N) is 1. The van der Waals surface area contributed by atoms with Gasteiger partial charge in [-0.25, -0.2) is 4.79 Å². The van der Waals surface area contributed by atoms with Gasteiger partial charge < -0.3 is 15.8 Å². The molecule has 1 fully saturated rings. The highest BCUT2D eigenvalue weighted by Gasteiger charge is 2.27. The summed E-state index contributed by atoms with van der Waals surface area (Å²) in [7, 11) is 0. The zero-order valence-electron chi connectivity index (χ0n) is 11.4. The lowest BCUT2D eigenvalue weighted by atomic mass is 10.2. The van der Waals surface area contributed by atoms with Gasteiger partial charge in [-0.3, -0.25) is 14.9 Å². The molecule has 8 nitrogen and oxygen atoms in total. The van der Waals surface area contributed by atoms with Crippen molar-refractivity contribution in [2.24, 2.45) is 0 Å². The van der Waals surface area contributed by atoms with Gasteiger partial charge in [-0.1, -0.05) is 0 Å². The van der Waals surface area contributed by atoms with E-state index < -0.39 is 17.0 Å². The fourth-order valence-electron chi connectivity index (χ4n) is 1.66. The van der Waals surface area contributed by atoms with Crippen molar-refractivity contribution in [3.63, 3.8) is 0 Å². The quantitative estimate of drug-likeness (QED) is 0.361. The lowest BCUT2D eigenvalue weighted by Gasteiger charge is -2.13. The highest BCUT2D eigenvalue weighted by molar-refractivity contribution is 5.93. The molecule has 8 heteroatoms. The number of hydrogen-bond acceptors (Lipinski definition) is 6. The summed E-state index contributed by atoms with van der Waals surface area (Å²) >= 11 is 0. The average molecular weight is 293 g/mol. The molecular weight excluding hydrogens is 278 g/mol. The molecule has 0 saturated heterocycles. The first-order chi connectivity index (χ1) is 9.88. The number of carbonyl (C=O) groups is 2. The molecule has 0 bridgehead atoms. The van der Waals surface area contributed by atoms with Crippen molar-refractivity contribution in [1.82, 2.24) is 5.32 Å². The van der Waals surface area contributed by atoms with Crippen LogP contribution in [-0.4, -0.2) is 28.9 Å². The van der Waals surface area contributed by atoms with E-state index in [0.717, 1.165) is 18.9 Å². The van der Waals surface area contributed by atoms with Crippen LogP contribution in [0.4, 0.5) is 11.4 Å². The fourth-order valence-corrected chi connectivity index (χ4v) is 1.66. The van der Waals surface area contributed by atoms with Crippen LogP contribution in [-0.2, 0) is 9.53 Å². The Kier molecular flexibility index (Phi) is 4.06. The third-order valence-corrected chi connectivity index (χ3v) is 3.04. The summed E-state index contributed by atoms with van der Waals surface area (Å²) in [5, 5.41) is 13.5. The molecule has 1 aromatic carbocycles. The van der Waals surface area contributed by atoms with Crippen molar-refractivity contribution in [3.8, 4) is 0 Å². The summed E-state index contributed by atoms with van der Waals surface area (Å²) in [6.07, 6.45) is 0.891. The zero-order valence-corrected chi connectivity index (χ0v) is 11.4. The second-order valence-corrected chi connectivity index (χ2v) is 4.86. The number of carbonyl (C=O) groups excluding carboxylic acids is 2. The van der Waals surface area contributed by atoms with Gasteiger partial charge in [-0.05, 0) is 31.9 Å². The molecule has 0 aliphatic heterocycles.